The fourth-order valence-corrected chi connectivity index (χ4v) is 4.25. The first-order valence-corrected chi connectivity index (χ1v) is 10.6. The van der Waals surface area contributed by atoms with Crippen molar-refractivity contribution in [3.8, 4) is 0 Å². The Labute approximate surface area is 170 Å². The summed E-state index contributed by atoms with van der Waals surface area (Å²) in [7, 11) is 0. The molecule has 0 radical (unpaired) electrons. The molecule has 142 valence electrons. The zero-order valence-corrected chi connectivity index (χ0v) is 16.8. The molecule has 0 saturated carbocycles. The number of carbonyl (C=O) groups is 1. The highest BCUT2D eigenvalue weighted by molar-refractivity contribution is 7.99. The molecular formula is C19H18N6OS2. The molecule has 0 saturated heterocycles. The van der Waals surface area contributed by atoms with E-state index in [1.54, 1.807) is 0 Å². The van der Waals surface area contributed by atoms with Crippen molar-refractivity contribution in [2.45, 2.75) is 25.0 Å². The summed E-state index contributed by atoms with van der Waals surface area (Å²) in [4.78, 5) is 12.4. The summed E-state index contributed by atoms with van der Waals surface area (Å²) in [6.07, 6.45) is 0.716. The summed E-state index contributed by atoms with van der Waals surface area (Å²) in [6, 6.07) is 15.7. The van der Waals surface area contributed by atoms with Gasteiger partial charge in [-0.1, -0.05) is 48.2 Å². The second-order valence-electron chi connectivity index (χ2n) is 6.08. The summed E-state index contributed by atoms with van der Waals surface area (Å²) in [5, 5.41) is 12.3. The number of benzene rings is 2. The van der Waals surface area contributed by atoms with Crippen LogP contribution in [0.15, 0.2) is 53.7 Å². The summed E-state index contributed by atoms with van der Waals surface area (Å²) >= 11 is 2.52. The van der Waals surface area contributed by atoms with Gasteiger partial charge in [0.15, 0.2) is 5.16 Å². The second-order valence-corrected chi connectivity index (χ2v) is 7.55. The van der Waals surface area contributed by atoms with Crippen LogP contribution in [0.25, 0.3) is 11.0 Å². The Morgan fingerprint density at radius 3 is 2.79 bits per heavy atom. The first-order valence-electron chi connectivity index (χ1n) is 8.84. The molecular weight excluding hydrogens is 392 g/mol. The smallest absolute Gasteiger partial charge is 0.234 e. The average molecular weight is 411 g/mol. The van der Waals surface area contributed by atoms with Crippen LogP contribution >= 0.6 is 23.5 Å². The van der Waals surface area contributed by atoms with Gasteiger partial charge in [0.25, 0.3) is 0 Å². The van der Waals surface area contributed by atoms with Crippen LogP contribution in [0.4, 0.5) is 5.69 Å². The minimum atomic E-state index is -0.110. The quantitative estimate of drug-likeness (QED) is 0.468. The molecule has 0 aliphatic heterocycles. The van der Waals surface area contributed by atoms with Gasteiger partial charge in [-0.05, 0) is 24.6 Å². The lowest BCUT2D eigenvalue weighted by molar-refractivity contribution is -0.113. The van der Waals surface area contributed by atoms with Gasteiger partial charge in [0.1, 0.15) is 16.9 Å². The van der Waals surface area contributed by atoms with Gasteiger partial charge in [-0.25, -0.2) is 0 Å². The van der Waals surface area contributed by atoms with Crippen LogP contribution < -0.4 is 5.32 Å². The molecule has 0 aliphatic carbocycles. The first kappa shape index (κ1) is 18.6. The van der Waals surface area contributed by atoms with Gasteiger partial charge in [0.05, 0.1) is 23.2 Å². The number of carbonyl (C=O) groups excluding carboxylic acids is 1. The minimum absolute atomic E-state index is 0.110. The normalized spacial score (nSPS) is 11.0. The van der Waals surface area contributed by atoms with Gasteiger partial charge < -0.3 is 9.88 Å². The van der Waals surface area contributed by atoms with Crippen molar-refractivity contribution in [3.05, 3.63) is 59.9 Å². The molecule has 2 aromatic heterocycles. The van der Waals surface area contributed by atoms with Gasteiger partial charge >= 0.3 is 0 Å². The largest absolute Gasteiger partial charge is 0.323 e. The Bertz CT molecular complexity index is 1090. The third-order valence-corrected chi connectivity index (χ3v) is 5.72. The standard InChI is InChI=1S/C19H18N6OS2/c1-2-25-16(11-13-7-4-3-5-8-13)21-22-19(25)27-12-17(26)20-14-9-6-10-15-18(14)24-28-23-15/h3-10H,2,11-12H2,1H3,(H,20,26). The van der Waals surface area contributed by atoms with E-state index in [0.29, 0.717) is 17.6 Å². The number of nitrogens with one attached hydrogen (secondary N) is 1. The van der Waals surface area contributed by atoms with E-state index in [-0.39, 0.29) is 11.7 Å². The van der Waals surface area contributed by atoms with Gasteiger partial charge in [0, 0.05) is 13.0 Å². The van der Waals surface area contributed by atoms with Crippen LogP contribution in [0.3, 0.4) is 0 Å². The lowest BCUT2D eigenvalue weighted by Gasteiger charge is -2.08. The summed E-state index contributed by atoms with van der Waals surface area (Å²) in [5.74, 6) is 1.04. The molecule has 0 bridgehead atoms. The maximum absolute atomic E-state index is 12.4. The van der Waals surface area contributed by atoms with Crippen LogP contribution in [-0.4, -0.2) is 35.2 Å². The Hall–Kier alpha value is -2.78. The van der Waals surface area contributed by atoms with E-state index in [4.69, 9.17) is 0 Å². The molecule has 7 nitrogen and oxygen atoms in total. The topological polar surface area (TPSA) is 85.6 Å². The summed E-state index contributed by atoms with van der Waals surface area (Å²) < 4.78 is 10.5. The molecule has 0 spiro atoms. The fraction of sp³-hybridized carbons (Fsp3) is 0.211. The van der Waals surface area contributed by atoms with Crippen molar-refractivity contribution in [2.24, 2.45) is 0 Å². The van der Waals surface area contributed by atoms with Gasteiger partial charge in [0.2, 0.25) is 5.91 Å². The maximum atomic E-state index is 12.4. The van der Waals surface area contributed by atoms with Crippen molar-refractivity contribution in [1.29, 1.82) is 0 Å². The Morgan fingerprint density at radius 1 is 1.11 bits per heavy atom. The van der Waals surface area contributed by atoms with Crippen LogP contribution in [0, 0.1) is 0 Å². The summed E-state index contributed by atoms with van der Waals surface area (Å²) in [5.41, 5.74) is 3.36. The second kappa shape index (κ2) is 8.49. The van der Waals surface area contributed by atoms with Gasteiger partial charge in [-0.15, -0.1) is 10.2 Å². The zero-order valence-electron chi connectivity index (χ0n) is 15.2. The molecule has 0 fully saturated rings. The maximum Gasteiger partial charge on any atom is 0.234 e. The molecule has 2 aromatic carbocycles. The molecule has 1 amide bonds. The number of aromatic nitrogens is 5. The minimum Gasteiger partial charge on any atom is -0.323 e. The van der Waals surface area contributed by atoms with Crippen molar-refractivity contribution in [1.82, 2.24) is 23.5 Å². The van der Waals surface area contributed by atoms with Crippen molar-refractivity contribution < 1.29 is 4.79 Å². The molecule has 28 heavy (non-hydrogen) atoms. The molecule has 4 aromatic rings. The number of nitrogens with zero attached hydrogens (tertiary/aromatic N) is 5. The van der Waals surface area contributed by atoms with E-state index >= 15 is 0 Å². The number of amides is 1. The fourth-order valence-electron chi connectivity index (χ4n) is 2.88. The van der Waals surface area contributed by atoms with Gasteiger partial charge in [-0.2, -0.15) is 8.75 Å². The van der Waals surface area contributed by atoms with Crippen molar-refractivity contribution in [2.75, 3.05) is 11.1 Å². The van der Waals surface area contributed by atoms with E-state index in [1.165, 1.54) is 17.3 Å². The average Bonchev–Trinajstić information content (AvgIpc) is 3.34. The summed E-state index contributed by atoms with van der Waals surface area (Å²) in [6.45, 7) is 2.81. The number of fused-ring (bicyclic) bond motifs is 1. The van der Waals surface area contributed by atoms with Gasteiger partial charge in [-0.3, -0.25) is 4.79 Å². The van der Waals surface area contributed by atoms with Crippen LogP contribution in [0.2, 0.25) is 0 Å². The van der Waals surface area contributed by atoms with Crippen molar-refractivity contribution in [3.63, 3.8) is 0 Å². The Balaban J connectivity index is 1.42. The molecule has 0 unspecified atom stereocenters. The monoisotopic (exact) mass is 410 g/mol. The van der Waals surface area contributed by atoms with E-state index in [2.05, 4.69) is 47.9 Å². The number of anilines is 1. The molecule has 0 aliphatic rings. The SMILES string of the molecule is CCn1c(Cc2ccccc2)nnc1SCC(=O)Nc1cccc2nsnc12. The first-order chi connectivity index (χ1) is 13.7. The van der Waals surface area contributed by atoms with E-state index in [0.717, 1.165) is 34.8 Å². The number of hydrogen-bond acceptors (Lipinski definition) is 7. The third kappa shape index (κ3) is 4.05. The molecule has 2 heterocycles. The van der Waals surface area contributed by atoms with E-state index in [1.807, 2.05) is 36.4 Å². The lowest BCUT2D eigenvalue weighted by Crippen LogP contribution is -2.15. The number of hydrogen-bond donors (Lipinski definition) is 1. The highest BCUT2D eigenvalue weighted by Gasteiger charge is 2.14. The predicted octanol–water partition coefficient (Wildman–Crippen LogP) is 3.62. The highest BCUT2D eigenvalue weighted by Crippen LogP contribution is 2.23. The third-order valence-electron chi connectivity index (χ3n) is 4.21. The van der Waals surface area contributed by atoms with Crippen LogP contribution in [0.5, 0.6) is 0 Å². The van der Waals surface area contributed by atoms with E-state index in [9.17, 15) is 4.79 Å². The number of rotatable bonds is 7. The molecule has 1 N–H and O–H groups in total. The van der Waals surface area contributed by atoms with Crippen molar-refractivity contribution >= 4 is 46.1 Å². The predicted molar refractivity (Wildman–Crippen MR) is 112 cm³/mol. The molecule has 4 rings (SSSR count). The van der Waals surface area contributed by atoms with E-state index < -0.39 is 0 Å². The Kier molecular flexibility index (Phi) is 5.63. The number of thioether (sulfide) groups is 1. The Morgan fingerprint density at radius 2 is 1.96 bits per heavy atom. The van der Waals surface area contributed by atoms with Crippen LogP contribution in [0.1, 0.15) is 18.3 Å². The molecule has 9 heteroatoms. The van der Waals surface area contributed by atoms with Crippen LogP contribution in [-0.2, 0) is 17.8 Å². The zero-order chi connectivity index (χ0) is 19.3. The highest BCUT2D eigenvalue weighted by atomic mass is 32.2. The lowest BCUT2D eigenvalue weighted by atomic mass is 10.1. The molecule has 0 atom stereocenters.